The Kier molecular flexibility index (Phi) is 4.55. The molecule has 0 aliphatic carbocycles. The van der Waals surface area contributed by atoms with Crippen molar-refractivity contribution in [2.45, 2.75) is 31.9 Å². The summed E-state index contributed by atoms with van der Waals surface area (Å²) in [5.41, 5.74) is 0.925. The molecule has 1 aliphatic rings. The second-order valence-electron chi connectivity index (χ2n) is 4.63. The van der Waals surface area contributed by atoms with Crippen molar-refractivity contribution in [3.8, 4) is 5.75 Å². The number of hydrogen-bond acceptors (Lipinski definition) is 3. The third-order valence-corrected chi connectivity index (χ3v) is 3.35. The molecule has 18 heavy (non-hydrogen) atoms. The van der Waals surface area contributed by atoms with Gasteiger partial charge in [-0.15, -0.1) is 0 Å². The van der Waals surface area contributed by atoms with E-state index in [1.165, 1.54) is 6.07 Å². The summed E-state index contributed by atoms with van der Waals surface area (Å²) in [5.74, 6) is 0.0510. The van der Waals surface area contributed by atoms with Gasteiger partial charge in [-0.05, 0) is 31.7 Å². The molecule has 3 nitrogen and oxygen atoms in total. The lowest BCUT2D eigenvalue weighted by Crippen LogP contribution is -2.26. The molecule has 0 aromatic heterocycles. The third-order valence-electron chi connectivity index (χ3n) is 3.35. The van der Waals surface area contributed by atoms with Gasteiger partial charge in [0.15, 0.2) is 11.6 Å². The zero-order chi connectivity index (χ0) is 13.0. The van der Waals surface area contributed by atoms with Crippen LogP contribution in [-0.4, -0.2) is 26.4 Å². The second-order valence-corrected chi connectivity index (χ2v) is 4.63. The lowest BCUT2D eigenvalue weighted by atomic mass is 10.1. The highest BCUT2D eigenvalue weighted by Crippen LogP contribution is 2.24. The zero-order valence-electron chi connectivity index (χ0n) is 10.9. The summed E-state index contributed by atoms with van der Waals surface area (Å²) >= 11 is 0. The average Bonchev–Trinajstić information content (AvgIpc) is 2.41. The molecule has 1 N–H and O–H groups in total. The van der Waals surface area contributed by atoms with Crippen LogP contribution in [0.15, 0.2) is 18.2 Å². The number of benzene rings is 1. The van der Waals surface area contributed by atoms with E-state index in [4.69, 9.17) is 9.47 Å². The molecular weight excluding hydrogens is 233 g/mol. The summed E-state index contributed by atoms with van der Waals surface area (Å²) in [7, 11) is 1.86. The molecule has 0 spiro atoms. The van der Waals surface area contributed by atoms with Gasteiger partial charge in [-0.25, -0.2) is 4.39 Å². The fourth-order valence-corrected chi connectivity index (χ4v) is 2.02. The molecule has 2 rings (SSSR count). The quantitative estimate of drug-likeness (QED) is 0.895. The van der Waals surface area contributed by atoms with Crippen molar-refractivity contribution in [3.05, 3.63) is 29.6 Å². The standard InChI is InChI=1S/C14H20FNO2/c1-10(16-2)11-3-4-14(13(15)9-11)18-12-5-7-17-8-6-12/h3-4,9-10,12,16H,5-8H2,1-2H3. The summed E-state index contributed by atoms with van der Waals surface area (Å²) in [6.45, 7) is 3.39. The SMILES string of the molecule is CNC(C)c1ccc(OC2CCOCC2)c(F)c1. The molecule has 100 valence electrons. The Balaban J connectivity index is 2.04. The van der Waals surface area contributed by atoms with Crippen LogP contribution >= 0.6 is 0 Å². The first-order valence-corrected chi connectivity index (χ1v) is 6.42. The number of rotatable bonds is 4. The lowest BCUT2D eigenvalue weighted by Gasteiger charge is -2.23. The zero-order valence-corrected chi connectivity index (χ0v) is 10.9. The molecule has 1 fully saturated rings. The number of nitrogens with one attached hydrogen (secondary N) is 1. The van der Waals surface area contributed by atoms with Crippen LogP contribution in [0.5, 0.6) is 5.75 Å². The first-order chi connectivity index (χ1) is 8.70. The van der Waals surface area contributed by atoms with Crippen LogP contribution in [0.1, 0.15) is 31.4 Å². The van der Waals surface area contributed by atoms with Crippen LogP contribution in [0.25, 0.3) is 0 Å². The van der Waals surface area contributed by atoms with Crippen molar-refractivity contribution in [2.24, 2.45) is 0 Å². The van der Waals surface area contributed by atoms with Gasteiger partial charge in [-0.2, -0.15) is 0 Å². The van der Waals surface area contributed by atoms with Crippen molar-refractivity contribution in [1.29, 1.82) is 0 Å². The normalized spacial score (nSPS) is 18.6. The Morgan fingerprint density at radius 2 is 2.11 bits per heavy atom. The van der Waals surface area contributed by atoms with Crippen LogP contribution in [0.3, 0.4) is 0 Å². The van der Waals surface area contributed by atoms with Crippen molar-refractivity contribution >= 4 is 0 Å². The van der Waals surface area contributed by atoms with Gasteiger partial charge in [0.2, 0.25) is 0 Å². The summed E-state index contributed by atoms with van der Waals surface area (Å²) in [6, 6.07) is 5.29. The number of ether oxygens (including phenoxy) is 2. The molecular formula is C14H20FNO2. The maximum atomic E-state index is 13.9. The van der Waals surface area contributed by atoms with Gasteiger partial charge in [0.1, 0.15) is 6.10 Å². The van der Waals surface area contributed by atoms with E-state index >= 15 is 0 Å². The van der Waals surface area contributed by atoms with E-state index in [-0.39, 0.29) is 18.0 Å². The Hall–Kier alpha value is -1.13. The Bertz CT molecular complexity index is 391. The predicted molar refractivity (Wildman–Crippen MR) is 68.3 cm³/mol. The van der Waals surface area contributed by atoms with Crippen LogP contribution in [0.2, 0.25) is 0 Å². The number of halogens is 1. The molecule has 0 radical (unpaired) electrons. The van der Waals surface area contributed by atoms with Crippen LogP contribution in [0.4, 0.5) is 4.39 Å². The lowest BCUT2D eigenvalue weighted by molar-refractivity contribution is 0.0240. The van der Waals surface area contributed by atoms with Crippen LogP contribution in [-0.2, 0) is 4.74 Å². The van der Waals surface area contributed by atoms with Crippen molar-refractivity contribution in [2.75, 3.05) is 20.3 Å². The molecule has 1 atom stereocenters. The molecule has 1 aromatic rings. The molecule has 1 aliphatic heterocycles. The van der Waals surface area contributed by atoms with Crippen LogP contribution in [0, 0.1) is 5.82 Å². The third kappa shape index (κ3) is 3.21. The summed E-state index contributed by atoms with van der Waals surface area (Å²) in [4.78, 5) is 0. The van der Waals surface area contributed by atoms with Crippen molar-refractivity contribution in [3.63, 3.8) is 0 Å². The minimum atomic E-state index is -0.291. The van der Waals surface area contributed by atoms with E-state index in [1.54, 1.807) is 6.07 Å². The highest BCUT2D eigenvalue weighted by Gasteiger charge is 2.17. The van der Waals surface area contributed by atoms with Gasteiger partial charge in [-0.3, -0.25) is 0 Å². The summed E-state index contributed by atoms with van der Waals surface area (Å²) in [5, 5.41) is 3.09. The Morgan fingerprint density at radius 3 is 2.72 bits per heavy atom. The second kappa shape index (κ2) is 6.16. The van der Waals surface area contributed by atoms with Gasteiger partial charge >= 0.3 is 0 Å². The fraction of sp³-hybridized carbons (Fsp3) is 0.571. The molecule has 0 bridgehead atoms. The molecule has 0 saturated carbocycles. The predicted octanol–water partition coefficient (Wildman–Crippen LogP) is 2.66. The first-order valence-electron chi connectivity index (χ1n) is 6.42. The highest BCUT2D eigenvalue weighted by molar-refractivity contribution is 5.31. The topological polar surface area (TPSA) is 30.5 Å². The fourth-order valence-electron chi connectivity index (χ4n) is 2.02. The Labute approximate surface area is 107 Å². The monoisotopic (exact) mass is 253 g/mol. The van der Waals surface area contributed by atoms with Crippen molar-refractivity contribution in [1.82, 2.24) is 5.32 Å². The van der Waals surface area contributed by atoms with E-state index < -0.39 is 0 Å². The van der Waals surface area contributed by atoms with E-state index in [2.05, 4.69) is 5.32 Å². The van der Waals surface area contributed by atoms with Gasteiger partial charge in [-0.1, -0.05) is 6.07 Å². The molecule has 1 saturated heterocycles. The first kappa shape index (κ1) is 13.3. The van der Waals surface area contributed by atoms with Gasteiger partial charge in [0.25, 0.3) is 0 Å². The molecule has 1 heterocycles. The van der Waals surface area contributed by atoms with E-state index in [1.807, 2.05) is 20.0 Å². The van der Waals surface area contributed by atoms with E-state index in [9.17, 15) is 4.39 Å². The Morgan fingerprint density at radius 1 is 1.39 bits per heavy atom. The smallest absolute Gasteiger partial charge is 0.165 e. The maximum Gasteiger partial charge on any atom is 0.165 e. The van der Waals surface area contributed by atoms with Gasteiger partial charge in [0, 0.05) is 18.9 Å². The number of hydrogen-bond donors (Lipinski definition) is 1. The van der Waals surface area contributed by atoms with Gasteiger partial charge < -0.3 is 14.8 Å². The summed E-state index contributed by atoms with van der Waals surface area (Å²) < 4.78 is 24.8. The maximum absolute atomic E-state index is 13.9. The average molecular weight is 253 g/mol. The van der Waals surface area contributed by atoms with E-state index in [0.29, 0.717) is 19.0 Å². The van der Waals surface area contributed by atoms with Gasteiger partial charge in [0.05, 0.1) is 13.2 Å². The molecule has 1 unspecified atom stereocenters. The largest absolute Gasteiger partial charge is 0.487 e. The highest BCUT2D eigenvalue weighted by atomic mass is 19.1. The van der Waals surface area contributed by atoms with E-state index in [0.717, 1.165) is 18.4 Å². The van der Waals surface area contributed by atoms with Crippen molar-refractivity contribution < 1.29 is 13.9 Å². The molecule has 0 amide bonds. The molecule has 1 aromatic carbocycles. The summed E-state index contributed by atoms with van der Waals surface area (Å²) in [6.07, 6.45) is 1.73. The minimum absolute atomic E-state index is 0.0702. The molecule has 4 heteroatoms. The minimum Gasteiger partial charge on any atom is -0.487 e. The van der Waals surface area contributed by atoms with Crippen LogP contribution < -0.4 is 10.1 Å².